The predicted octanol–water partition coefficient (Wildman–Crippen LogP) is -0.932. The second-order valence-electron chi connectivity index (χ2n) is 5.69. The van der Waals surface area contributed by atoms with E-state index in [0.29, 0.717) is 11.9 Å². The molecule has 1 saturated heterocycles. The van der Waals surface area contributed by atoms with Gasteiger partial charge in [0.25, 0.3) is 0 Å². The molecule has 0 amide bonds. The molecule has 2 aromatic rings. The minimum atomic E-state index is -1.85. The molecule has 1 fully saturated rings. The molecule has 1 aliphatic rings. The number of nitrogens with two attached hydrogens (primary N) is 1. The van der Waals surface area contributed by atoms with Crippen molar-refractivity contribution in [1.29, 1.82) is 5.26 Å². The summed E-state index contributed by atoms with van der Waals surface area (Å²) >= 11 is 0. The molecule has 0 unspecified atom stereocenters. The number of aliphatic hydroxyl groups excluding tert-OH is 2. The number of aryl methyl sites for hydroxylation is 1. The maximum absolute atomic E-state index is 14.0. The fraction of sp³-hybridized carbons (Fsp3) is 0.571. The monoisotopic (exact) mass is 352 g/mol. The van der Waals surface area contributed by atoms with Crippen molar-refractivity contribution in [3.63, 3.8) is 0 Å². The van der Waals surface area contributed by atoms with E-state index in [1.54, 1.807) is 0 Å². The van der Waals surface area contributed by atoms with Gasteiger partial charge in [0.05, 0.1) is 18.9 Å². The van der Waals surface area contributed by atoms with E-state index in [-0.39, 0.29) is 24.6 Å². The largest absolute Gasteiger partial charge is 0.394 e. The Morgan fingerprint density at radius 2 is 2.28 bits per heavy atom. The standard InChI is InChI=1S/C14H17FN6O4/c15-9-8(6-22)25-12(10(9)23)21-11-7(5-18-13(17)19-11)20(14(21)24)4-2-1-3-16/h5,8-10,12,22-23H,1-2,4,6H2,(H2,17,18,19)/t8-,9-,10-,12-/m1/s1. The summed E-state index contributed by atoms with van der Waals surface area (Å²) in [7, 11) is 0. The number of nitrogen functional groups attached to an aromatic ring is 1. The third-order valence-electron chi connectivity index (χ3n) is 4.12. The third kappa shape index (κ3) is 2.84. The summed E-state index contributed by atoms with van der Waals surface area (Å²) in [5.74, 6) is -0.0987. The highest BCUT2D eigenvalue weighted by Gasteiger charge is 2.46. The second kappa shape index (κ2) is 6.75. The fourth-order valence-electron chi connectivity index (χ4n) is 2.90. The van der Waals surface area contributed by atoms with Gasteiger partial charge in [0.15, 0.2) is 18.0 Å². The Morgan fingerprint density at radius 3 is 2.92 bits per heavy atom. The van der Waals surface area contributed by atoms with E-state index < -0.39 is 36.9 Å². The molecule has 0 bridgehead atoms. The molecule has 1 aliphatic heterocycles. The van der Waals surface area contributed by atoms with Crippen molar-refractivity contribution < 1.29 is 19.3 Å². The van der Waals surface area contributed by atoms with Crippen molar-refractivity contribution in [2.24, 2.45) is 0 Å². The van der Waals surface area contributed by atoms with Crippen molar-refractivity contribution in [1.82, 2.24) is 19.1 Å². The van der Waals surface area contributed by atoms with Gasteiger partial charge in [0, 0.05) is 13.0 Å². The van der Waals surface area contributed by atoms with Crippen LogP contribution in [-0.4, -0.2) is 54.3 Å². The zero-order chi connectivity index (χ0) is 18.1. The molecule has 2 aromatic heterocycles. The number of alkyl halides is 1. The van der Waals surface area contributed by atoms with Crippen LogP contribution in [0.2, 0.25) is 0 Å². The van der Waals surface area contributed by atoms with Crippen LogP contribution in [0.25, 0.3) is 11.2 Å². The number of aliphatic hydroxyl groups is 2. The Labute approximate surface area is 140 Å². The Hall–Kier alpha value is -2.55. The summed E-state index contributed by atoms with van der Waals surface area (Å²) in [5.41, 5.74) is 5.40. The van der Waals surface area contributed by atoms with Gasteiger partial charge in [-0.05, 0) is 6.42 Å². The van der Waals surface area contributed by atoms with Crippen molar-refractivity contribution in [2.45, 2.75) is 44.0 Å². The summed E-state index contributed by atoms with van der Waals surface area (Å²) in [6, 6.07) is 1.99. The molecule has 25 heavy (non-hydrogen) atoms. The number of nitriles is 1. The van der Waals surface area contributed by atoms with Crippen molar-refractivity contribution in [3.05, 3.63) is 16.7 Å². The van der Waals surface area contributed by atoms with Crippen LogP contribution in [0.5, 0.6) is 0 Å². The first-order valence-corrected chi connectivity index (χ1v) is 7.68. The van der Waals surface area contributed by atoms with E-state index >= 15 is 0 Å². The van der Waals surface area contributed by atoms with Gasteiger partial charge in [0.1, 0.15) is 17.7 Å². The van der Waals surface area contributed by atoms with Crippen LogP contribution in [0.1, 0.15) is 19.1 Å². The quantitative estimate of drug-likeness (QED) is 0.583. The average molecular weight is 352 g/mol. The van der Waals surface area contributed by atoms with Crippen LogP contribution < -0.4 is 11.4 Å². The molecule has 4 atom stereocenters. The van der Waals surface area contributed by atoms with Crippen LogP contribution in [0.4, 0.5) is 10.3 Å². The van der Waals surface area contributed by atoms with Gasteiger partial charge < -0.3 is 20.7 Å². The first-order chi connectivity index (χ1) is 12.0. The SMILES string of the molecule is N#CCCCn1c(=O)n([C@@H]2O[C@H](CO)[C@@H](F)[C@H]2O)c2nc(N)ncc21. The highest BCUT2D eigenvalue weighted by molar-refractivity contribution is 5.71. The highest BCUT2D eigenvalue weighted by Crippen LogP contribution is 2.32. The molecule has 0 aromatic carbocycles. The van der Waals surface area contributed by atoms with E-state index in [1.165, 1.54) is 10.8 Å². The Morgan fingerprint density at radius 1 is 1.52 bits per heavy atom. The van der Waals surface area contributed by atoms with E-state index in [9.17, 15) is 14.3 Å². The lowest BCUT2D eigenvalue weighted by Crippen LogP contribution is -2.34. The maximum Gasteiger partial charge on any atom is 0.332 e. The number of hydrogen-bond donors (Lipinski definition) is 3. The smallest absolute Gasteiger partial charge is 0.332 e. The van der Waals surface area contributed by atoms with Gasteiger partial charge >= 0.3 is 5.69 Å². The van der Waals surface area contributed by atoms with Gasteiger partial charge in [-0.1, -0.05) is 0 Å². The Balaban J connectivity index is 2.12. The molecule has 10 nitrogen and oxygen atoms in total. The lowest BCUT2D eigenvalue weighted by atomic mass is 10.1. The van der Waals surface area contributed by atoms with Crippen LogP contribution in [-0.2, 0) is 11.3 Å². The lowest BCUT2D eigenvalue weighted by molar-refractivity contribution is -0.0513. The summed E-state index contributed by atoms with van der Waals surface area (Å²) in [5, 5.41) is 27.9. The van der Waals surface area contributed by atoms with Crippen LogP contribution in [0, 0.1) is 11.3 Å². The molecule has 0 saturated carbocycles. The van der Waals surface area contributed by atoms with Gasteiger partial charge in [-0.15, -0.1) is 0 Å². The predicted molar refractivity (Wildman–Crippen MR) is 82.9 cm³/mol. The van der Waals surface area contributed by atoms with E-state index in [0.717, 1.165) is 4.57 Å². The van der Waals surface area contributed by atoms with Crippen molar-refractivity contribution in [2.75, 3.05) is 12.3 Å². The van der Waals surface area contributed by atoms with Crippen LogP contribution >= 0.6 is 0 Å². The number of ether oxygens (including phenoxy) is 1. The highest BCUT2D eigenvalue weighted by atomic mass is 19.1. The molecule has 4 N–H and O–H groups in total. The number of unbranched alkanes of at least 4 members (excludes halogenated alkanes) is 1. The molecule has 0 aliphatic carbocycles. The zero-order valence-corrected chi connectivity index (χ0v) is 13.1. The molecule has 0 spiro atoms. The normalized spacial score (nSPS) is 26.2. The number of fused-ring (bicyclic) bond motifs is 1. The number of halogens is 1. The minimum Gasteiger partial charge on any atom is -0.394 e. The van der Waals surface area contributed by atoms with Crippen LogP contribution in [0.15, 0.2) is 11.0 Å². The van der Waals surface area contributed by atoms with Crippen molar-refractivity contribution >= 4 is 17.1 Å². The number of rotatable bonds is 5. The molecule has 0 radical (unpaired) electrons. The second-order valence-corrected chi connectivity index (χ2v) is 5.69. The average Bonchev–Trinajstić information content (AvgIpc) is 3.02. The number of aromatic nitrogens is 4. The maximum atomic E-state index is 14.0. The van der Waals surface area contributed by atoms with E-state index in [1.807, 2.05) is 6.07 Å². The first kappa shape index (κ1) is 17.3. The number of imidazole rings is 1. The van der Waals surface area contributed by atoms with Gasteiger partial charge in [-0.3, -0.25) is 4.57 Å². The van der Waals surface area contributed by atoms with Crippen molar-refractivity contribution in [3.8, 4) is 6.07 Å². The van der Waals surface area contributed by atoms with Gasteiger partial charge in [-0.2, -0.15) is 10.2 Å². The van der Waals surface area contributed by atoms with E-state index in [4.69, 9.17) is 20.8 Å². The van der Waals surface area contributed by atoms with Gasteiger partial charge in [-0.25, -0.2) is 18.7 Å². The molecule has 3 rings (SSSR count). The Bertz CT molecular complexity index is 875. The molecule has 11 heteroatoms. The van der Waals surface area contributed by atoms with Gasteiger partial charge in [0.2, 0.25) is 5.95 Å². The number of anilines is 1. The summed E-state index contributed by atoms with van der Waals surface area (Å²) in [6.45, 7) is -0.421. The molecular weight excluding hydrogens is 335 g/mol. The summed E-state index contributed by atoms with van der Waals surface area (Å²) in [4.78, 5) is 20.6. The third-order valence-corrected chi connectivity index (χ3v) is 4.12. The minimum absolute atomic E-state index is 0.0873. The Kier molecular flexibility index (Phi) is 4.67. The number of hydrogen-bond acceptors (Lipinski definition) is 8. The summed E-state index contributed by atoms with van der Waals surface area (Å²) in [6.07, 6.45) is -4.09. The molecule has 134 valence electrons. The lowest BCUT2D eigenvalue weighted by Gasteiger charge is -2.15. The first-order valence-electron chi connectivity index (χ1n) is 7.68. The molecular formula is C14H17FN6O4. The molecule has 3 heterocycles. The summed E-state index contributed by atoms with van der Waals surface area (Å²) < 4.78 is 21.7. The van der Waals surface area contributed by atoms with E-state index in [2.05, 4.69) is 9.97 Å². The topological polar surface area (TPSA) is 152 Å². The number of nitrogens with zero attached hydrogens (tertiary/aromatic N) is 5. The zero-order valence-electron chi connectivity index (χ0n) is 13.1. The van der Waals surface area contributed by atoms with Crippen LogP contribution in [0.3, 0.4) is 0 Å². The fourth-order valence-corrected chi connectivity index (χ4v) is 2.90.